The van der Waals surface area contributed by atoms with E-state index in [-0.39, 0.29) is 12.5 Å². The van der Waals surface area contributed by atoms with Gasteiger partial charge in [0.1, 0.15) is 0 Å². The van der Waals surface area contributed by atoms with Crippen LogP contribution in [0.1, 0.15) is 26.2 Å². The quantitative estimate of drug-likeness (QED) is 0.779. The molecule has 90 valence electrons. The molecule has 0 aromatic carbocycles. The number of piperidine rings is 1. The minimum atomic E-state index is -3.03. The molecule has 0 aromatic rings. The van der Waals surface area contributed by atoms with Crippen molar-refractivity contribution >= 4 is 10.0 Å². The molecule has 5 heteroatoms. The predicted molar refractivity (Wildman–Crippen MR) is 60.0 cm³/mol. The maximum Gasteiger partial charge on any atom is 0.211 e. The van der Waals surface area contributed by atoms with Crippen molar-refractivity contribution in [3.05, 3.63) is 0 Å². The van der Waals surface area contributed by atoms with Crippen molar-refractivity contribution in [3.63, 3.8) is 0 Å². The Kier molecular flexibility index (Phi) is 4.55. The molecule has 2 unspecified atom stereocenters. The van der Waals surface area contributed by atoms with Crippen molar-refractivity contribution in [2.45, 2.75) is 26.2 Å². The van der Waals surface area contributed by atoms with Crippen molar-refractivity contribution in [1.82, 2.24) is 4.31 Å². The second-order valence-electron chi connectivity index (χ2n) is 4.65. The first-order valence-electron chi connectivity index (χ1n) is 5.49. The van der Waals surface area contributed by atoms with Crippen molar-refractivity contribution in [3.8, 4) is 0 Å². The molecule has 1 rings (SSSR count). The van der Waals surface area contributed by atoms with Crippen LogP contribution in [-0.4, -0.2) is 43.8 Å². The second-order valence-corrected chi connectivity index (χ2v) is 6.64. The summed E-state index contributed by atoms with van der Waals surface area (Å²) < 4.78 is 24.3. The van der Waals surface area contributed by atoms with Gasteiger partial charge >= 0.3 is 0 Å². The molecule has 0 radical (unpaired) electrons. The van der Waals surface area contributed by atoms with Gasteiger partial charge in [0.05, 0.1) is 6.26 Å². The fraction of sp³-hybridized carbons (Fsp3) is 1.00. The lowest BCUT2D eigenvalue weighted by molar-refractivity contribution is 0.181. The Hall–Kier alpha value is -0.130. The molecule has 1 aliphatic heterocycles. The van der Waals surface area contributed by atoms with E-state index in [1.807, 2.05) is 6.92 Å². The normalized spacial score (nSPS) is 26.5. The van der Waals surface area contributed by atoms with Crippen LogP contribution < -0.4 is 0 Å². The van der Waals surface area contributed by atoms with E-state index < -0.39 is 10.0 Å². The number of aliphatic hydroxyl groups is 1. The standard InChI is InChI=1S/C10H21NO3S/c1-9(8-12)6-10-4-3-5-11(7-10)15(2,13)14/h9-10,12H,3-8H2,1-2H3. The van der Waals surface area contributed by atoms with Crippen LogP contribution in [0, 0.1) is 11.8 Å². The summed E-state index contributed by atoms with van der Waals surface area (Å²) in [7, 11) is -3.03. The number of hydrogen-bond acceptors (Lipinski definition) is 3. The van der Waals surface area contributed by atoms with Gasteiger partial charge in [-0.2, -0.15) is 0 Å². The summed E-state index contributed by atoms with van der Waals surface area (Å²) in [4.78, 5) is 0. The SMILES string of the molecule is CC(CO)CC1CCCN(S(C)(=O)=O)C1. The Morgan fingerprint density at radius 1 is 1.53 bits per heavy atom. The highest BCUT2D eigenvalue weighted by molar-refractivity contribution is 7.88. The van der Waals surface area contributed by atoms with Crippen LogP contribution in [-0.2, 0) is 10.0 Å². The van der Waals surface area contributed by atoms with E-state index in [0.29, 0.717) is 19.0 Å². The number of hydrogen-bond donors (Lipinski definition) is 1. The molecule has 0 amide bonds. The van der Waals surface area contributed by atoms with Crippen LogP contribution in [0.25, 0.3) is 0 Å². The van der Waals surface area contributed by atoms with Gasteiger partial charge in [0.2, 0.25) is 10.0 Å². The highest BCUT2D eigenvalue weighted by Gasteiger charge is 2.26. The average molecular weight is 235 g/mol. The molecule has 15 heavy (non-hydrogen) atoms. The molecule has 0 aromatic heterocycles. The molecule has 1 fully saturated rings. The number of nitrogens with zero attached hydrogens (tertiary/aromatic N) is 1. The highest BCUT2D eigenvalue weighted by atomic mass is 32.2. The van der Waals surface area contributed by atoms with Crippen LogP contribution in [0.2, 0.25) is 0 Å². The first kappa shape index (κ1) is 12.9. The summed E-state index contributed by atoms with van der Waals surface area (Å²) in [6.07, 6.45) is 4.21. The van der Waals surface area contributed by atoms with Crippen molar-refractivity contribution < 1.29 is 13.5 Å². The number of aliphatic hydroxyl groups excluding tert-OH is 1. The summed E-state index contributed by atoms with van der Waals surface area (Å²) in [6, 6.07) is 0. The molecule has 1 saturated heterocycles. The third-order valence-corrected chi connectivity index (χ3v) is 4.27. The zero-order chi connectivity index (χ0) is 11.5. The summed E-state index contributed by atoms with van der Waals surface area (Å²) in [6.45, 7) is 3.47. The zero-order valence-electron chi connectivity index (χ0n) is 9.52. The molecule has 0 saturated carbocycles. The van der Waals surface area contributed by atoms with Gasteiger partial charge < -0.3 is 5.11 Å². The fourth-order valence-corrected chi connectivity index (χ4v) is 3.11. The van der Waals surface area contributed by atoms with Gasteiger partial charge in [-0.05, 0) is 31.1 Å². The number of rotatable bonds is 4. The maximum atomic E-state index is 11.4. The third-order valence-electron chi connectivity index (χ3n) is 3.00. The van der Waals surface area contributed by atoms with Crippen molar-refractivity contribution in [2.24, 2.45) is 11.8 Å². The van der Waals surface area contributed by atoms with Gasteiger partial charge in [0, 0.05) is 19.7 Å². The summed E-state index contributed by atoms with van der Waals surface area (Å²) in [5.74, 6) is 0.685. The molecular weight excluding hydrogens is 214 g/mol. The van der Waals surface area contributed by atoms with Crippen LogP contribution in [0.3, 0.4) is 0 Å². The lowest BCUT2D eigenvalue weighted by Gasteiger charge is -2.32. The van der Waals surface area contributed by atoms with Crippen molar-refractivity contribution in [2.75, 3.05) is 26.0 Å². The summed E-state index contributed by atoms with van der Waals surface area (Å²) >= 11 is 0. The minimum Gasteiger partial charge on any atom is -0.396 e. The van der Waals surface area contributed by atoms with Gasteiger partial charge in [-0.3, -0.25) is 0 Å². The first-order valence-corrected chi connectivity index (χ1v) is 7.34. The van der Waals surface area contributed by atoms with Crippen molar-refractivity contribution in [1.29, 1.82) is 0 Å². The Morgan fingerprint density at radius 2 is 2.20 bits per heavy atom. The van der Waals surface area contributed by atoms with E-state index in [1.165, 1.54) is 6.26 Å². The van der Waals surface area contributed by atoms with E-state index in [0.717, 1.165) is 19.3 Å². The van der Waals surface area contributed by atoms with E-state index >= 15 is 0 Å². The van der Waals surface area contributed by atoms with Crippen LogP contribution >= 0.6 is 0 Å². The molecular formula is C10H21NO3S. The molecule has 0 aliphatic carbocycles. The minimum absolute atomic E-state index is 0.190. The molecule has 1 aliphatic rings. The Balaban J connectivity index is 2.49. The molecule has 0 bridgehead atoms. The van der Waals surface area contributed by atoms with E-state index in [4.69, 9.17) is 5.11 Å². The molecule has 1 N–H and O–H groups in total. The smallest absolute Gasteiger partial charge is 0.211 e. The molecule has 1 heterocycles. The van der Waals surface area contributed by atoms with E-state index in [9.17, 15) is 8.42 Å². The Bertz CT molecular complexity index is 289. The lowest BCUT2D eigenvalue weighted by atomic mass is 9.90. The van der Waals surface area contributed by atoms with Gasteiger partial charge in [0.25, 0.3) is 0 Å². The largest absolute Gasteiger partial charge is 0.396 e. The number of sulfonamides is 1. The third kappa shape index (κ3) is 4.09. The van der Waals surface area contributed by atoms with Crippen LogP contribution in [0.5, 0.6) is 0 Å². The van der Waals surface area contributed by atoms with E-state index in [1.54, 1.807) is 4.31 Å². The Morgan fingerprint density at radius 3 is 2.73 bits per heavy atom. The second kappa shape index (κ2) is 5.27. The topological polar surface area (TPSA) is 57.6 Å². The van der Waals surface area contributed by atoms with Gasteiger partial charge in [0.15, 0.2) is 0 Å². The monoisotopic (exact) mass is 235 g/mol. The van der Waals surface area contributed by atoms with Gasteiger partial charge in [-0.25, -0.2) is 12.7 Å². The summed E-state index contributed by atoms with van der Waals surface area (Å²) in [5.41, 5.74) is 0. The maximum absolute atomic E-state index is 11.4. The zero-order valence-corrected chi connectivity index (χ0v) is 10.3. The van der Waals surface area contributed by atoms with Crippen LogP contribution in [0.4, 0.5) is 0 Å². The van der Waals surface area contributed by atoms with Crippen LogP contribution in [0.15, 0.2) is 0 Å². The summed E-state index contributed by atoms with van der Waals surface area (Å²) in [5, 5.41) is 8.96. The van der Waals surface area contributed by atoms with Gasteiger partial charge in [-0.1, -0.05) is 6.92 Å². The highest BCUT2D eigenvalue weighted by Crippen LogP contribution is 2.24. The molecule has 2 atom stereocenters. The average Bonchev–Trinajstić information content (AvgIpc) is 2.17. The first-order chi connectivity index (χ1) is 6.93. The molecule has 0 spiro atoms. The predicted octanol–water partition coefficient (Wildman–Crippen LogP) is 0.676. The molecule has 4 nitrogen and oxygen atoms in total. The lowest BCUT2D eigenvalue weighted by Crippen LogP contribution is -2.39. The Labute approximate surface area is 92.3 Å². The fourth-order valence-electron chi connectivity index (χ4n) is 2.16. The van der Waals surface area contributed by atoms with Gasteiger partial charge in [-0.15, -0.1) is 0 Å². The van der Waals surface area contributed by atoms with E-state index in [2.05, 4.69) is 0 Å².